The Morgan fingerprint density at radius 1 is 1.35 bits per heavy atom. The molecule has 0 aromatic rings. The Labute approximate surface area is 111 Å². The van der Waals surface area contributed by atoms with Crippen LogP contribution in [-0.4, -0.2) is 40.6 Å². The number of rotatable bonds is 2. The Morgan fingerprint density at radius 3 is 2.76 bits per heavy atom. The van der Waals surface area contributed by atoms with Gasteiger partial charge in [0.25, 0.3) is 0 Å². The van der Waals surface area contributed by atoms with Gasteiger partial charge in [-0.3, -0.25) is 4.90 Å². The van der Waals surface area contributed by atoms with Crippen molar-refractivity contribution in [1.29, 1.82) is 0 Å². The lowest BCUT2D eigenvalue weighted by Gasteiger charge is -2.53. The van der Waals surface area contributed by atoms with E-state index in [1.807, 2.05) is 0 Å². The van der Waals surface area contributed by atoms with Crippen molar-refractivity contribution >= 4 is 11.8 Å². The minimum Gasteiger partial charge on any atom is -0.329 e. The fourth-order valence-corrected chi connectivity index (χ4v) is 4.90. The summed E-state index contributed by atoms with van der Waals surface area (Å²) in [6.07, 6.45) is 5.39. The molecule has 2 N–H and O–H groups in total. The highest BCUT2D eigenvalue weighted by atomic mass is 32.2. The third kappa shape index (κ3) is 2.66. The van der Waals surface area contributed by atoms with Crippen molar-refractivity contribution in [1.82, 2.24) is 4.90 Å². The van der Waals surface area contributed by atoms with Crippen LogP contribution in [-0.2, 0) is 0 Å². The van der Waals surface area contributed by atoms with E-state index in [2.05, 4.69) is 37.4 Å². The number of hydrogen-bond acceptors (Lipinski definition) is 3. The first-order valence-electron chi connectivity index (χ1n) is 7.17. The highest BCUT2D eigenvalue weighted by molar-refractivity contribution is 8.00. The Kier molecular flexibility index (Phi) is 4.43. The first kappa shape index (κ1) is 13.7. The smallest absolute Gasteiger partial charge is 0.0337 e. The normalized spacial score (nSPS) is 44.8. The van der Waals surface area contributed by atoms with E-state index >= 15 is 0 Å². The lowest BCUT2D eigenvalue weighted by Crippen LogP contribution is -2.62. The molecular weight excluding hydrogens is 228 g/mol. The van der Waals surface area contributed by atoms with Crippen molar-refractivity contribution in [2.24, 2.45) is 11.7 Å². The molecule has 2 rings (SSSR count). The minimum absolute atomic E-state index is 0.312. The summed E-state index contributed by atoms with van der Waals surface area (Å²) >= 11 is 2.12. The van der Waals surface area contributed by atoms with Gasteiger partial charge in [-0.05, 0) is 25.7 Å². The summed E-state index contributed by atoms with van der Waals surface area (Å²) in [5.74, 6) is 2.13. The van der Waals surface area contributed by atoms with Gasteiger partial charge in [0, 0.05) is 35.7 Å². The van der Waals surface area contributed by atoms with Crippen LogP contribution in [0, 0.1) is 5.92 Å². The largest absolute Gasteiger partial charge is 0.329 e. The highest BCUT2D eigenvalue weighted by Gasteiger charge is 2.43. The van der Waals surface area contributed by atoms with Crippen molar-refractivity contribution in [3.8, 4) is 0 Å². The van der Waals surface area contributed by atoms with Crippen LogP contribution in [0.1, 0.15) is 46.5 Å². The van der Waals surface area contributed by atoms with Crippen molar-refractivity contribution in [2.45, 2.75) is 63.3 Å². The summed E-state index contributed by atoms with van der Waals surface area (Å²) in [5, 5.41) is 0.754. The molecule has 1 aliphatic heterocycles. The number of nitrogens with two attached hydrogens (primary N) is 1. The van der Waals surface area contributed by atoms with Gasteiger partial charge < -0.3 is 5.73 Å². The van der Waals surface area contributed by atoms with Crippen LogP contribution >= 0.6 is 11.8 Å². The fraction of sp³-hybridized carbons (Fsp3) is 1.00. The van der Waals surface area contributed by atoms with Gasteiger partial charge in [-0.1, -0.05) is 26.7 Å². The van der Waals surface area contributed by atoms with Crippen molar-refractivity contribution in [3.05, 3.63) is 0 Å². The average molecular weight is 256 g/mol. The van der Waals surface area contributed by atoms with Gasteiger partial charge in [0.1, 0.15) is 0 Å². The molecule has 0 amide bonds. The summed E-state index contributed by atoms with van der Waals surface area (Å²) in [7, 11) is 0. The molecule has 1 saturated heterocycles. The molecule has 2 nitrogen and oxygen atoms in total. The van der Waals surface area contributed by atoms with Gasteiger partial charge in [-0.25, -0.2) is 0 Å². The zero-order valence-electron chi connectivity index (χ0n) is 11.6. The van der Waals surface area contributed by atoms with Crippen LogP contribution in [0.15, 0.2) is 0 Å². The monoisotopic (exact) mass is 256 g/mol. The summed E-state index contributed by atoms with van der Waals surface area (Å²) < 4.78 is 0. The van der Waals surface area contributed by atoms with Crippen LogP contribution in [0.4, 0.5) is 0 Å². The molecule has 0 radical (unpaired) electrons. The maximum absolute atomic E-state index is 6.19. The third-order valence-corrected chi connectivity index (χ3v) is 6.28. The second-order valence-electron chi connectivity index (χ2n) is 6.14. The predicted octanol–water partition coefficient (Wildman–Crippen LogP) is 2.72. The molecule has 0 aromatic heterocycles. The van der Waals surface area contributed by atoms with E-state index in [0.29, 0.717) is 11.6 Å². The topological polar surface area (TPSA) is 29.3 Å². The molecular formula is C14H28N2S. The second-order valence-corrected chi connectivity index (χ2v) is 7.63. The molecule has 4 unspecified atom stereocenters. The van der Waals surface area contributed by atoms with Crippen molar-refractivity contribution < 1.29 is 0 Å². The van der Waals surface area contributed by atoms with E-state index in [0.717, 1.165) is 17.7 Å². The SMILES string of the molecule is CC1CCCC(CN)(N2CCSC(C)C2C)C1. The summed E-state index contributed by atoms with van der Waals surface area (Å²) in [4.78, 5) is 2.75. The summed E-state index contributed by atoms with van der Waals surface area (Å²) in [5.41, 5.74) is 6.50. The third-order valence-electron chi connectivity index (χ3n) is 4.94. The molecule has 4 atom stereocenters. The zero-order chi connectivity index (χ0) is 12.5. The Bertz CT molecular complexity index is 259. The van der Waals surface area contributed by atoms with Gasteiger partial charge in [0.15, 0.2) is 0 Å². The Balaban J connectivity index is 2.15. The fourth-order valence-electron chi connectivity index (χ4n) is 3.80. The molecule has 2 fully saturated rings. The first-order chi connectivity index (χ1) is 8.09. The van der Waals surface area contributed by atoms with Gasteiger partial charge in [-0.15, -0.1) is 0 Å². The molecule has 17 heavy (non-hydrogen) atoms. The average Bonchev–Trinajstić information content (AvgIpc) is 2.32. The van der Waals surface area contributed by atoms with E-state index in [4.69, 9.17) is 5.73 Å². The van der Waals surface area contributed by atoms with Crippen molar-refractivity contribution in [2.75, 3.05) is 18.8 Å². The van der Waals surface area contributed by atoms with Gasteiger partial charge in [-0.2, -0.15) is 11.8 Å². The predicted molar refractivity (Wildman–Crippen MR) is 77.5 cm³/mol. The van der Waals surface area contributed by atoms with Crippen LogP contribution in [0.3, 0.4) is 0 Å². The van der Waals surface area contributed by atoms with E-state index in [9.17, 15) is 0 Å². The lowest BCUT2D eigenvalue weighted by molar-refractivity contribution is 0.0121. The van der Waals surface area contributed by atoms with Crippen LogP contribution in [0.2, 0.25) is 0 Å². The quantitative estimate of drug-likeness (QED) is 0.824. The maximum atomic E-state index is 6.19. The molecule has 0 bridgehead atoms. The Morgan fingerprint density at radius 2 is 2.12 bits per heavy atom. The van der Waals surface area contributed by atoms with E-state index in [-0.39, 0.29) is 0 Å². The zero-order valence-corrected chi connectivity index (χ0v) is 12.4. The van der Waals surface area contributed by atoms with E-state index in [1.165, 1.54) is 38.0 Å². The van der Waals surface area contributed by atoms with Crippen LogP contribution in [0.25, 0.3) is 0 Å². The van der Waals surface area contributed by atoms with Gasteiger partial charge >= 0.3 is 0 Å². The van der Waals surface area contributed by atoms with Gasteiger partial charge in [0.05, 0.1) is 0 Å². The van der Waals surface area contributed by atoms with Gasteiger partial charge in [0.2, 0.25) is 0 Å². The molecule has 100 valence electrons. The molecule has 2 aliphatic rings. The van der Waals surface area contributed by atoms with Crippen LogP contribution < -0.4 is 5.73 Å². The lowest BCUT2D eigenvalue weighted by atomic mass is 9.74. The maximum Gasteiger partial charge on any atom is 0.0337 e. The summed E-state index contributed by atoms with van der Waals surface area (Å²) in [6, 6.07) is 0.683. The number of nitrogens with zero attached hydrogens (tertiary/aromatic N) is 1. The standard InChI is InChI=1S/C14H28N2S/c1-11-5-4-6-14(9-11,10-15)16-7-8-17-13(3)12(16)2/h11-13H,4-10,15H2,1-3H3. The van der Waals surface area contributed by atoms with E-state index in [1.54, 1.807) is 0 Å². The van der Waals surface area contributed by atoms with Crippen LogP contribution in [0.5, 0.6) is 0 Å². The molecule has 0 aromatic carbocycles. The number of thioether (sulfide) groups is 1. The molecule has 1 saturated carbocycles. The summed E-state index contributed by atoms with van der Waals surface area (Å²) in [6.45, 7) is 9.25. The number of hydrogen-bond donors (Lipinski definition) is 1. The van der Waals surface area contributed by atoms with Crippen molar-refractivity contribution in [3.63, 3.8) is 0 Å². The second kappa shape index (κ2) is 5.50. The molecule has 1 aliphatic carbocycles. The Hall–Kier alpha value is 0.270. The highest BCUT2D eigenvalue weighted by Crippen LogP contribution is 2.40. The van der Waals surface area contributed by atoms with E-state index < -0.39 is 0 Å². The molecule has 1 heterocycles. The molecule has 0 spiro atoms. The molecule has 3 heteroatoms. The first-order valence-corrected chi connectivity index (χ1v) is 8.22. The minimum atomic E-state index is 0.312.